The fraction of sp³-hybridized carbons (Fsp3) is 0.429. The van der Waals surface area contributed by atoms with Crippen molar-refractivity contribution >= 4 is 35.1 Å². The molecule has 6 nitrogen and oxygen atoms in total. The van der Waals surface area contributed by atoms with E-state index in [-0.39, 0.29) is 27.8 Å². The lowest BCUT2D eigenvalue weighted by molar-refractivity contribution is -0.318. The van der Waals surface area contributed by atoms with E-state index >= 15 is 0 Å². The van der Waals surface area contributed by atoms with Crippen LogP contribution in [0, 0.1) is 0 Å². The molecule has 0 saturated heterocycles. The van der Waals surface area contributed by atoms with Gasteiger partial charge >= 0.3 is 0 Å². The fourth-order valence-corrected chi connectivity index (χ4v) is 2.20. The largest absolute Gasteiger partial charge is 0.547 e. The van der Waals surface area contributed by atoms with Crippen LogP contribution in [0.5, 0.6) is 5.75 Å². The number of hydrogen-bond acceptors (Lipinski definition) is 5. The number of benzene rings is 1. The number of aliphatic carboxylic acids is 1. The number of ether oxygens (including phenoxy) is 1. The standard InChI is InChI=1S/C14H17Cl2NO5/c1-3-4-5-10(14(19)20)22-17-13(18)11-8(15)6-7-9(16)12(11)21-2/h6-7,10H,3-5H2,1-2H3,(H,17,18)(H,19,20)/p-1. The van der Waals surface area contributed by atoms with Gasteiger partial charge in [-0.15, -0.1) is 0 Å². The van der Waals surface area contributed by atoms with Gasteiger partial charge in [-0.1, -0.05) is 43.0 Å². The van der Waals surface area contributed by atoms with Gasteiger partial charge in [0.15, 0.2) is 5.75 Å². The Hall–Kier alpha value is -1.50. The van der Waals surface area contributed by atoms with Gasteiger partial charge in [0.2, 0.25) is 0 Å². The Bertz CT molecular complexity index is 550. The van der Waals surface area contributed by atoms with E-state index < -0.39 is 18.0 Å². The van der Waals surface area contributed by atoms with E-state index in [1.165, 1.54) is 19.2 Å². The molecule has 0 radical (unpaired) electrons. The number of hydrogen-bond donors (Lipinski definition) is 1. The first-order valence-corrected chi connectivity index (χ1v) is 7.36. The summed E-state index contributed by atoms with van der Waals surface area (Å²) in [5.41, 5.74) is 2.01. The second kappa shape index (κ2) is 8.82. The first kappa shape index (κ1) is 18.5. The summed E-state index contributed by atoms with van der Waals surface area (Å²) in [7, 11) is 1.33. The van der Waals surface area contributed by atoms with Crippen LogP contribution in [0.4, 0.5) is 0 Å². The molecular formula is C14H16Cl2NO5-. The molecule has 22 heavy (non-hydrogen) atoms. The molecule has 8 heteroatoms. The maximum atomic E-state index is 12.1. The Morgan fingerprint density at radius 2 is 1.95 bits per heavy atom. The van der Waals surface area contributed by atoms with E-state index in [0.29, 0.717) is 6.42 Å². The minimum absolute atomic E-state index is 0.0377. The van der Waals surface area contributed by atoms with E-state index in [4.69, 9.17) is 32.8 Å². The monoisotopic (exact) mass is 348 g/mol. The minimum atomic E-state index is -1.40. The molecule has 0 aliphatic heterocycles. The molecule has 0 fully saturated rings. The zero-order chi connectivity index (χ0) is 16.7. The van der Waals surface area contributed by atoms with Gasteiger partial charge in [-0.25, -0.2) is 5.48 Å². The zero-order valence-electron chi connectivity index (χ0n) is 12.2. The van der Waals surface area contributed by atoms with Crippen molar-refractivity contribution in [2.45, 2.75) is 32.3 Å². The third-order valence-corrected chi connectivity index (χ3v) is 3.48. The predicted octanol–water partition coefficient (Wildman–Crippen LogP) is 1.97. The predicted molar refractivity (Wildman–Crippen MR) is 79.9 cm³/mol. The third kappa shape index (κ3) is 4.76. The van der Waals surface area contributed by atoms with Crippen LogP contribution in [0.2, 0.25) is 10.0 Å². The van der Waals surface area contributed by atoms with Gasteiger partial charge in [0.05, 0.1) is 23.1 Å². The normalized spacial score (nSPS) is 11.8. The van der Waals surface area contributed by atoms with Crippen molar-refractivity contribution in [3.63, 3.8) is 0 Å². The number of methoxy groups -OCH3 is 1. The molecule has 1 unspecified atom stereocenters. The highest BCUT2D eigenvalue weighted by Crippen LogP contribution is 2.33. The lowest BCUT2D eigenvalue weighted by Crippen LogP contribution is -2.42. The summed E-state index contributed by atoms with van der Waals surface area (Å²) in [6.07, 6.45) is 0.387. The Kier molecular flexibility index (Phi) is 7.44. The fourth-order valence-electron chi connectivity index (χ4n) is 1.73. The number of carbonyl (C=O) groups excluding carboxylic acids is 2. The molecule has 0 heterocycles. The average Bonchev–Trinajstić information content (AvgIpc) is 2.48. The second-order valence-electron chi connectivity index (χ2n) is 4.44. The summed E-state index contributed by atoms with van der Waals surface area (Å²) in [5.74, 6) is -2.08. The molecule has 1 rings (SSSR count). The summed E-state index contributed by atoms with van der Waals surface area (Å²) in [6, 6.07) is 2.90. The van der Waals surface area contributed by atoms with Crippen LogP contribution in [-0.2, 0) is 9.63 Å². The maximum absolute atomic E-state index is 12.1. The van der Waals surface area contributed by atoms with E-state index in [1.54, 1.807) is 0 Å². The number of unbranched alkanes of at least 4 members (excludes halogenated alkanes) is 1. The molecule has 1 N–H and O–H groups in total. The van der Waals surface area contributed by atoms with Crippen molar-refractivity contribution < 1.29 is 24.3 Å². The van der Waals surface area contributed by atoms with Gasteiger partial charge in [0.1, 0.15) is 11.7 Å². The second-order valence-corrected chi connectivity index (χ2v) is 5.25. The van der Waals surface area contributed by atoms with Crippen molar-refractivity contribution in [1.82, 2.24) is 5.48 Å². The SMILES string of the molecule is CCCCC(ONC(=O)c1c(Cl)ccc(Cl)c1OC)C(=O)[O-]. The highest BCUT2D eigenvalue weighted by atomic mass is 35.5. The molecule has 1 aromatic carbocycles. The van der Waals surface area contributed by atoms with Crippen molar-refractivity contribution in [3.8, 4) is 5.75 Å². The van der Waals surface area contributed by atoms with Gasteiger partial charge in [0, 0.05) is 0 Å². The van der Waals surface area contributed by atoms with Gasteiger partial charge in [0.25, 0.3) is 5.91 Å². The van der Waals surface area contributed by atoms with Crippen molar-refractivity contribution in [2.75, 3.05) is 7.11 Å². The lowest BCUT2D eigenvalue weighted by Gasteiger charge is -2.19. The number of amides is 1. The van der Waals surface area contributed by atoms with Crippen molar-refractivity contribution in [2.24, 2.45) is 0 Å². The molecule has 0 aromatic heterocycles. The smallest absolute Gasteiger partial charge is 0.280 e. The summed E-state index contributed by atoms with van der Waals surface area (Å²) >= 11 is 11.9. The Labute approximate surface area is 138 Å². The Balaban J connectivity index is 2.85. The molecule has 0 bridgehead atoms. The Morgan fingerprint density at radius 3 is 2.50 bits per heavy atom. The molecule has 1 aromatic rings. The van der Waals surface area contributed by atoms with Crippen LogP contribution in [0.3, 0.4) is 0 Å². The number of carboxylic acid groups (broad SMARTS) is 1. The molecular weight excluding hydrogens is 333 g/mol. The quantitative estimate of drug-likeness (QED) is 0.725. The topological polar surface area (TPSA) is 87.7 Å². The third-order valence-electron chi connectivity index (χ3n) is 2.87. The molecule has 0 aliphatic rings. The van der Waals surface area contributed by atoms with E-state index in [9.17, 15) is 14.7 Å². The number of halogens is 2. The van der Waals surface area contributed by atoms with Crippen LogP contribution in [0.1, 0.15) is 36.5 Å². The molecule has 1 atom stereocenters. The Morgan fingerprint density at radius 1 is 1.32 bits per heavy atom. The summed E-state index contributed by atoms with van der Waals surface area (Å²) in [5, 5.41) is 11.2. The van der Waals surface area contributed by atoms with Crippen LogP contribution in [0.25, 0.3) is 0 Å². The summed E-state index contributed by atoms with van der Waals surface area (Å²) in [4.78, 5) is 28.0. The van der Waals surface area contributed by atoms with Crippen LogP contribution in [-0.4, -0.2) is 25.1 Å². The number of rotatable bonds is 8. The molecule has 1 amide bonds. The van der Waals surface area contributed by atoms with Crippen LogP contribution < -0.4 is 15.3 Å². The molecule has 0 saturated carbocycles. The first-order valence-electron chi connectivity index (χ1n) is 6.61. The number of hydroxylamine groups is 1. The van der Waals surface area contributed by atoms with Crippen molar-refractivity contribution in [1.29, 1.82) is 0 Å². The van der Waals surface area contributed by atoms with Crippen molar-refractivity contribution in [3.05, 3.63) is 27.7 Å². The van der Waals surface area contributed by atoms with Gasteiger partial charge < -0.3 is 14.6 Å². The van der Waals surface area contributed by atoms with Crippen LogP contribution >= 0.6 is 23.2 Å². The molecule has 122 valence electrons. The first-order chi connectivity index (χ1) is 10.4. The van der Waals surface area contributed by atoms with E-state index in [1.807, 2.05) is 12.4 Å². The number of carboxylic acids is 1. The zero-order valence-corrected chi connectivity index (χ0v) is 13.7. The highest BCUT2D eigenvalue weighted by molar-refractivity contribution is 6.37. The minimum Gasteiger partial charge on any atom is -0.547 e. The van der Waals surface area contributed by atoms with E-state index in [2.05, 4.69) is 0 Å². The lowest BCUT2D eigenvalue weighted by atomic mass is 10.1. The highest BCUT2D eigenvalue weighted by Gasteiger charge is 2.21. The van der Waals surface area contributed by atoms with Gasteiger partial charge in [-0.05, 0) is 18.6 Å². The molecule has 0 aliphatic carbocycles. The van der Waals surface area contributed by atoms with Gasteiger partial charge in [-0.2, -0.15) is 0 Å². The molecule has 0 spiro atoms. The maximum Gasteiger partial charge on any atom is 0.280 e. The van der Waals surface area contributed by atoms with E-state index in [0.717, 1.165) is 6.42 Å². The van der Waals surface area contributed by atoms with Gasteiger partial charge in [-0.3, -0.25) is 9.63 Å². The number of nitrogens with one attached hydrogen (secondary N) is 1. The van der Waals surface area contributed by atoms with Crippen LogP contribution in [0.15, 0.2) is 12.1 Å². The summed E-state index contributed by atoms with van der Waals surface area (Å²) in [6.45, 7) is 1.90. The number of carbonyl (C=O) groups is 2. The summed E-state index contributed by atoms with van der Waals surface area (Å²) < 4.78 is 5.04. The average molecular weight is 349 g/mol.